The summed E-state index contributed by atoms with van der Waals surface area (Å²) in [5, 5.41) is 18.1. The number of anilines is 1. The molecule has 1 aliphatic rings. The predicted molar refractivity (Wildman–Crippen MR) is 107 cm³/mol. The standard InChI is InChI=1S/C20H26FN3O5/c1-2-23-13-15(20(27)28)19(26)14-11-16(21)18(12-17(14)23)24-5-3-22(4-6-24)7-9-29-10-8-25/h11-13,25H,2-10H2,1H3,(H,27,28). The molecule has 0 aliphatic carbocycles. The van der Waals surface area contributed by atoms with Crippen LogP contribution in [0.4, 0.5) is 10.1 Å². The van der Waals surface area contributed by atoms with E-state index in [4.69, 9.17) is 9.84 Å². The number of aliphatic hydroxyl groups excluding tert-OH is 1. The summed E-state index contributed by atoms with van der Waals surface area (Å²) in [6, 6.07) is 2.79. The number of rotatable bonds is 8. The molecule has 3 rings (SSSR count). The number of hydrogen-bond acceptors (Lipinski definition) is 6. The molecule has 1 aromatic heterocycles. The first kappa shape index (κ1) is 21.2. The minimum absolute atomic E-state index is 0.00576. The number of ether oxygens (including phenoxy) is 1. The van der Waals surface area contributed by atoms with Crippen LogP contribution in [0, 0.1) is 5.82 Å². The van der Waals surface area contributed by atoms with Crippen LogP contribution < -0.4 is 10.3 Å². The Labute approximate surface area is 167 Å². The van der Waals surface area contributed by atoms with Crippen molar-refractivity contribution < 1.29 is 24.1 Å². The van der Waals surface area contributed by atoms with Gasteiger partial charge in [-0.05, 0) is 19.1 Å². The number of hydrogen-bond donors (Lipinski definition) is 2. The molecular weight excluding hydrogens is 381 g/mol. The predicted octanol–water partition coefficient (Wildman–Crippen LogP) is 0.990. The van der Waals surface area contributed by atoms with E-state index < -0.39 is 17.2 Å². The molecule has 1 fully saturated rings. The number of nitrogens with zero attached hydrogens (tertiary/aromatic N) is 3. The minimum atomic E-state index is -1.32. The number of carbonyl (C=O) groups is 1. The molecule has 2 heterocycles. The molecule has 0 radical (unpaired) electrons. The number of pyridine rings is 1. The van der Waals surface area contributed by atoms with Gasteiger partial charge in [-0.15, -0.1) is 0 Å². The van der Waals surface area contributed by atoms with Gasteiger partial charge in [-0.1, -0.05) is 0 Å². The van der Waals surface area contributed by atoms with E-state index in [1.54, 1.807) is 10.6 Å². The van der Waals surface area contributed by atoms with Crippen LogP contribution in [0.2, 0.25) is 0 Å². The van der Waals surface area contributed by atoms with Gasteiger partial charge in [0.1, 0.15) is 11.4 Å². The normalized spacial score (nSPS) is 15.2. The van der Waals surface area contributed by atoms with E-state index in [0.717, 1.165) is 25.7 Å². The second-order valence-electron chi connectivity index (χ2n) is 6.95. The molecule has 0 atom stereocenters. The number of carboxylic acid groups (broad SMARTS) is 1. The highest BCUT2D eigenvalue weighted by atomic mass is 19.1. The maximum atomic E-state index is 14.8. The van der Waals surface area contributed by atoms with Crippen molar-refractivity contribution >= 4 is 22.6 Å². The van der Waals surface area contributed by atoms with Crippen LogP contribution in [0.1, 0.15) is 17.3 Å². The number of piperazine rings is 1. The maximum absolute atomic E-state index is 14.8. The SMILES string of the molecule is CCn1cc(C(=O)O)c(=O)c2cc(F)c(N3CCN(CCOCCO)CC3)cc21. The topological polar surface area (TPSA) is 95.2 Å². The summed E-state index contributed by atoms with van der Waals surface area (Å²) in [5.74, 6) is -1.85. The van der Waals surface area contributed by atoms with Gasteiger partial charge in [-0.2, -0.15) is 0 Å². The quantitative estimate of drug-likeness (QED) is 0.630. The zero-order chi connectivity index (χ0) is 21.0. The fourth-order valence-corrected chi connectivity index (χ4v) is 3.63. The van der Waals surface area contributed by atoms with Gasteiger partial charge in [0.15, 0.2) is 0 Å². The van der Waals surface area contributed by atoms with Gasteiger partial charge in [0, 0.05) is 50.9 Å². The van der Waals surface area contributed by atoms with E-state index in [2.05, 4.69) is 4.90 Å². The monoisotopic (exact) mass is 407 g/mol. The molecule has 0 bridgehead atoms. The van der Waals surface area contributed by atoms with E-state index >= 15 is 0 Å². The lowest BCUT2D eigenvalue weighted by Gasteiger charge is -2.36. The molecular formula is C20H26FN3O5. The Morgan fingerprint density at radius 3 is 2.55 bits per heavy atom. The molecule has 2 N–H and O–H groups in total. The molecule has 9 heteroatoms. The molecule has 29 heavy (non-hydrogen) atoms. The van der Waals surface area contributed by atoms with Crippen molar-refractivity contribution in [2.45, 2.75) is 13.5 Å². The number of aromatic nitrogens is 1. The van der Waals surface area contributed by atoms with Crippen molar-refractivity contribution in [1.29, 1.82) is 0 Å². The average molecular weight is 407 g/mol. The Balaban J connectivity index is 1.82. The summed E-state index contributed by atoms with van der Waals surface area (Å²) in [6.07, 6.45) is 1.32. The second kappa shape index (κ2) is 9.34. The van der Waals surface area contributed by atoms with E-state index in [1.807, 2.05) is 11.8 Å². The molecule has 0 spiro atoms. The van der Waals surface area contributed by atoms with Crippen molar-refractivity contribution in [1.82, 2.24) is 9.47 Å². The molecule has 8 nitrogen and oxygen atoms in total. The fourth-order valence-electron chi connectivity index (χ4n) is 3.63. The van der Waals surface area contributed by atoms with Gasteiger partial charge in [-0.3, -0.25) is 9.69 Å². The fraction of sp³-hybridized carbons (Fsp3) is 0.500. The van der Waals surface area contributed by atoms with Crippen LogP contribution in [0.3, 0.4) is 0 Å². The molecule has 1 aromatic carbocycles. The van der Waals surface area contributed by atoms with Gasteiger partial charge in [0.25, 0.3) is 0 Å². The number of fused-ring (bicyclic) bond motifs is 1. The van der Waals surface area contributed by atoms with E-state index in [-0.39, 0.29) is 17.6 Å². The Morgan fingerprint density at radius 2 is 1.93 bits per heavy atom. The van der Waals surface area contributed by atoms with Crippen LogP contribution in [0.25, 0.3) is 10.9 Å². The summed E-state index contributed by atoms with van der Waals surface area (Å²) in [4.78, 5) is 27.9. The third kappa shape index (κ3) is 4.58. The molecule has 0 saturated carbocycles. The molecule has 158 valence electrons. The summed E-state index contributed by atoms with van der Waals surface area (Å²) in [6.45, 7) is 6.69. The second-order valence-corrected chi connectivity index (χ2v) is 6.95. The van der Waals surface area contributed by atoms with Gasteiger partial charge in [0.05, 0.1) is 31.0 Å². The zero-order valence-electron chi connectivity index (χ0n) is 16.4. The van der Waals surface area contributed by atoms with Crippen molar-refractivity contribution in [2.75, 3.05) is 57.4 Å². The summed E-state index contributed by atoms with van der Waals surface area (Å²) >= 11 is 0. The molecule has 2 aromatic rings. The van der Waals surface area contributed by atoms with Crippen LogP contribution >= 0.6 is 0 Å². The van der Waals surface area contributed by atoms with Gasteiger partial charge in [-0.25, -0.2) is 9.18 Å². The number of carboxylic acids is 1. The molecule has 0 unspecified atom stereocenters. The minimum Gasteiger partial charge on any atom is -0.477 e. The van der Waals surface area contributed by atoms with Crippen molar-refractivity contribution in [3.8, 4) is 0 Å². The van der Waals surface area contributed by atoms with E-state index in [1.165, 1.54) is 6.20 Å². The first-order valence-electron chi connectivity index (χ1n) is 9.72. The Bertz CT molecular complexity index is 938. The van der Waals surface area contributed by atoms with Crippen LogP contribution in [-0.2, 0) is 11.3 Å². The summed E-state index contributed by atoms with van der Waals surface area (Å²) < 4.78 is 21.8. The van der Waals surface area contributed by atoms with Crippen molar-refractivity contribution in [3.05, 3.63) is 39.9 Å². The molecule has 1 aliphatic heterocycles. The van der Waals surface area contributed by atoms with Gasteiger partial charge < -0.3 is 24.4 Å². The third-order valence-corrected chi connectivity index (χ3v) is 5.22. The van der Waals surface area contributed by atoms with Crippen molar-refractivity contribution in [3.63, 3.8) is 0 Å². The Morgan fingerprint density at radius 1 is 1.21 bits per heavy atom. The largest absolute Gasteiger partial charge is 0.477 e. The first-order chi connectivity index (χ1) is 14.0. The van der Waals surface area contributed by atoms with Gasteiger partial charge in [0.2, 0.25) is 5.43 Å². The first-order valence-corrected chi connectivity index (χ1v) is 9.72. The van der Waals surface area contributed by atoms with Crippen LogP contribution in [0.5, 0.6) is 0 Å². The summed E-state index contributed by atoms with van der Waals surface area (Å²) in [7, 11) is 0. The zero-order valence-corrected chi connectivity index (χ0v) is 16.4. The van der Waals surface area contributed by atoms with E-state index in [9.17, 15) is 19.1 Å². The average Bonchev–Trinajstić information content (AvgIpc) is 2.72. The molecule has 0 amide bonds. The Hall–Kier alpha value is -2.49. The van der Waals surface area contributed by atoms with Crippen molar-refractivity contribution in [2.24, 2.45) is 0 Å². The lowest BCUT2D eigenvalue weighted by Crippen LogP contribution is -2.47. The number of halogens is 1. The molecule has 1 saturated heterocycles. The number of aliphatic hydroxyl groups is 1. The smallest absolute Gasteiger partial charge is 0.341 e. The van der Waals surface area contributed by atoms with E-state index in [0.29, 0.717) is 44.1 Å². The van der Waals surface area contributed by atoms with Crippen LogP contribution in [-0.4, -0.2) is 78.2 Å². The third-order valence-electron chi connectivity index (χ3n) is 5.22. The lowest BCUT2D eigenvalue weighted by molar-refractivity contribution is 0.0695. The lowest BCUT2D eigenvalue weighted by atomic mass is 10.1. The summed E-state index contributed by atoms with van der Waals surface area (Å²) in [5.41, 5.74) is -0.0871. The number of benzene rings is 1. The number of aromatic carboxylic acids is 1. The van der Waals surface area contributed by atoms with Crippen LogP contribution in [0.15, 0.2) is 23.1 Å². The Kier molecular flexibility index (Phi) is 6.83. The van der Waals surface area contributed by atoms with Gasteiger partial charge >= 0.3 is 5.97 Å². The highest BCUT2D eigenvalue weighted by molar-refractivity contribution is 5.93. The highest BCUT2D eigenvalue weighted by Gasteiger charge is 2.22. The maximum Gasteiger partial charge on any atom is 0.341 e. The highest BCUT2D eigenvalue weighted by Crippen LogP contribution is 2.26. The number of aryl methyl sites for hydroxylation is 1.